The molecule has 0 radical (unpaired) electrons. The summed E-state index contributed by atoms with van der Waals surface area (Å²) in [7, 11) is 0. The average Bonchev–Trinajstić information content (AvgIpc) is 3.09. The summed E-state index contributed by atoms with van der Waals surface area (Å²) >= 11 is 0. The second-order valence-corrected chi connectivity index (χ2v) is 5.91. The molecular formula is C15H26N4O. The third-order valence-corrected chi connectivity index (χ3v) is 3.98. The highest BCUT2D eigenvalue weighted by Gasteiger charge is 2.14. The van der Waals surface area contributed by atoms with Gasteiger partial charge in [-0.3, -0.25) is 4.68 Å². The topological polar surface area (TPSA) is 59.0 Å². The van der Waals surface area contributed by atoms with E-state index in [1.54, 1.807) is 6.20 Å². The molecule has 1 atom stereocenters. The fourth-order valence-corrected chi connectivity index (χ4v) is 2.81. The Morgan fingerprint density at radius 1 is 1.40 bits per heavy atom. The molecule has 1 saturated carbocycles. The lowest BCUT2D eigenvalue weighted by atomic mass is 10.0. The van der Waals surface area contributed by atoms with E-state index in [2.05, 4.69) is 22.7 Å². The monoisotopic (exact) mass is 278 g/mol. The Bertz CT molecular complexity index is 385. The van der Waals surface area contributed by atoms with Gasteiger partial charge in [-0.2, -0.15) is 5.10 Å². The molecule has 2 amide bonds. The summed E-state index contributed by atoms with van der Waals surface area (Å²) in [5.74, 6) is 1.20. The average molecular weight is 278 g/mol. The summed E-state index contributed by atoms with van der Waals surface area (Å²) in [4.78, 5) is 11.7. The predicted octanol–water partition coefficient (Wildman–Crippen LogP) is 2.40. The quantitative estimate of drug-likeness (QED) is 0.804. The lowest BCUT2D eigenvalue weighted by molar-refractivity contribution is 0.237. The number of urea groups is 1. The number of carbonyl (C=O) groups excluding carboxylic acids is 1. The van der Waals surface area contributed by atoms with E-state index in [0.717, 1.165) is 25.4 Å². The molecule has 0 aliphatic heterocycles. The first-order valence-corrected chi connectivity index (χ1v) is 7.73. The SMILES string of the molecule is CC(CNC(=O)NCCC1CCCC1)Cn1cccn1. The van der Waals surface area contributed by atoms with Crippen LogP contribution in [0.4, 0.5) is 4.79 Å². The van der Waals surface area contributed by atoms with Crippen LogP contribution in [0.5, 0.6) is 0 Å². The molecule has 1 aromatic heterocycles. The number of carbonyl (C=O) groups is 1. The Kier molecular flexibility index (Phi) is 5.89. The van der Waals surface area contributed by atoms with Crippen molar-refractivity contribution in [2.45, 2.75) is 45.6 Å². The van der Waals surface area contributed by atoms with E-state index in [4.69, 9.17) is 0 Å². The Morgan fingerprint density at radius 2 is 2.20 bits per heavy atom. The van der Waals surface area contributed by atoms with Crippen LogP contribution in [-0.4, -0.2) is 28.9 Å². The smallest absolute Gasteiger partial charge is 0.314 e. The van der Waals surface area contributed by atoms with Crippen molar-refractivity contribution >= 4 is 6.03 Å². The van der Waals surface area contributed by atoms with Crippen molar-refractivity contribution in [3.63, 3.8) is 0 Å². The molecule has 1 aliphatic rings. The predicted molar refractivity (Wildman–Crippen MR) is 79.4 cm³/mol. The van der Waals surface area contributed by atoms with Crippen LogP contribution in [0.2, 0.25) is 0 Å². The third kappa shape index (κ3) is 5.23. The van der Waals surface area contributed by atoms with Crippen LogP contribution in [0, 0.1) is 11.8 Å². The molecule has 1 aliphatic carbocycles. The van der Waals surface area contributed by atoms with E-state index in [0.29, 0.717) is 12.5 Å². The Hall–Kier alpha value is -1.52. The van der Waals surface area contributed by atoms with Gasteiger partial charge in [-0.1, -0.05) is 32.6 Å². The summed E-state index contributed by atoms with van der Waals surface area (Å²) in [6.07, 6.45) is 10.2. The minimum atomic E-state index is -0.0460. The first-order chi connectivity index (χ1) is 9.74. The van der Waals surface area contributed by atoms with Gasteiger partial charge in [-0.05, 0) is 24.3 Å². The van der Waals surface area contributed by atoms with Crippen molar-refractivity contribution < 1.29 is 4.79 Å². The normalized spacial score (nSPS) is 17.1. The Balaban J connectivity index is 1.52. The number of hydrogen-bond donors (Lipinski definition) is 2. The van der Waals surface area contributed by atoms with Gasteiger partial charge in [0, 0.05) is 32.0 Å². The molecular weight excluding hydrogens is 252 g/mol. The Morgan fingerprint density at radius 3 is 2.90 bits per heavy atom. The van der Waals surface area contributed by atoms with Gasteiger partial charge >= 0.3 is 6.03 Å². The van der Waals surface area contributed by atoms with E-state index in [9.17, 15) is 4.79 Å². The van der Waals surface area contributed by atoms with Gasteiger partial charge in [0.1, 0.15) is 0 Å². The maximum Gasteiger partial charge on any atom is 0.314 e. The number of nitrogens with zero attached hydrogens (tertiary/aromatic N) is 2. The molecule has 1 aromatic rings. The van der Waals surface area contributed by atoms with E-state index >= 15 is 0 Å². The molecule has 1 heterocycles. The van der Waals surface area contributed by atoms with Crippen LogP contribution in [0.1, 0.15) is 39.0 Å². The van der Waals surface area contributed by atoms with Gasteiger partial charge in [-0.15, -0.1) is 0 Å². The molecule has 1 fully saturated rings. The number of nitrogens with one attached hydrogen (secondary N) is 2. The van der Waals surface area contributed by atoms with Crippen molar-refractivity contribution in [1.29, 1.82) is 0 Å². The fourth-order valence-electron chi connectivity index (χ4n) is 2.81. The maximum atomic E-state index is 11.7. The highest BCUT2D eigenvalue weighted by molar-refractivity contribution is 5.73. The minimum Gasteiger partial charge on any atom is -0.338 e. The van der Waals surface area contributed by atoms with E-state index < -0.39 is 0 Å². The second kappa shape index (κ2) is 7.92. The molecule has 0 saturated heterocycles. The molecule has 5 heteroatoms. The summed E-state index contributed by atoms with van der Waals surface area (Å²) in [6.45, 7) is 4.41. The van der Waals surface area contributed by atoms with Crippen molar-refractivity contribution in [2.24, 2.45) is 11.8 Å². The van der Waals surface area contributed by atoms with Crippen LogP contribution in [-0.2, 0) is 6.54 Å². The van der Waals surface area contributed by atoms with E-state index in [1.807, 2.05) is 16.9 Å². The summed E-state index contributed by atoms with van der Waals surface area (Å²) < 4.78 is 1.89. The maximum absolute atomic E-state index is 11.7. The first kappa shape index (κ1) is 14.9. The molecule has 0 aromatic carbocycles. The summed E-state index contributed by atoms with van der Waals surface area (Å²) in [5, 5.41) is 10.0. The summed E-state index contributed by atoms with van der Waals surface area (Å²) in [5.41, 5.74) is 0. The molecule has 2 N–H and O–H groups in total. The molecule has 20 heavy (non-hydrogen) atoms. The van der Waals surface area contributed by atoms with E-state index in [-0.39, 0.29) is 6.03 Å². The van der Waals surface area contributed by atoms with E-state index in [1.165, 1.54) is 25.7 Å². The van der Waals surface area contributed by atoms with Gasteiger partial charge in [0.05, 0.1) is 0 Å². The largest absolute Gasteiger partial charge is 0.338 e. The number of aromatic nitrogens is 2. The van der Waals surface area contributed by atoms with Crippen molar-refractivity contribution in [3.05, 3.63) is 18.5 Å². The highest BCUT2D eigenvalue weighted by atomic mass is 16.2. The Labute approximate surface area is 121 Å². The van der Waals surface area contributed by atoms with Gasteiger partial charge in [-0.25, -0.2) is 4.79 Å². The van der Waals surface area contributed by atoms with Crippen LogP contribution >= 0.6 is 0 Å². The molecule has 112 valence electrons. The van der Waals surface area contributed by atoms with Crippen LogP contribution in [0.3, 0.4) is 0 Å². The summed E-state index contributed by atoms with van der Waals surface area (Å²) in [6, 6.07) is 1.87. The lowest BCUT2D eigenvalue weighted by Crippen LogP contribution is -2.39. The van der Waals surface area contributed by atoms with Gasteiger partial charge in [0.15, 0.2) is 0 Å². The zero-order chi connectivity index (χ0) is 14.2. The van der Waals surface area contributed by atoms with Crippen LogP contribution in [0.25, 0.3) is 0 Å². The lowest BCUT2D eigenvalue weighted by Gasteiger charge is -2.14. The zero-order valence-corrected chi connectivity index (χ0v) is 12.3. The molecule has 1 unspecified atom stereocenters. The number of hydrogen-bond acceptors (Lipinski definition) is 2. The van der Waals surface area contributed by atoms with Crippen LogP contribution in [0.15, 0.2) is 18.5 Å². The van der Waals surface area contributed by atoms with Crippen molar-refractivity contribution in [1.82, 2.24) is 20.4 Å². The minimum absolute atomic E-state index is 0.0460. The zero-order valence-electron chi connectivity index (χ0n) is 12.3. The molecule has 0 spiro atoms. The van der Waals surface area contributed by atoms with Crippen LogP contribution < -0.4 is 10.6 Å². The highest BCUT2D eigenvalue weighted by Crippen LogP contribution is 2.26. The fraction of sp³-hybridized carbons (Fsp3) is 0.733. The van der Waals surface area contributed by atoms with Crippen molar-refractivity contribution in [3.8, 4) is 0 Å². The number of amides is 2. The van der Waals surface area contributed by atoms with Crippen molar-refractivity contribution in [2.75, 3.05) is 13.1 Å². The third-order valence-electron chi connectivity index (χ3n) is 3.98. The second-order valence-electron chi connectivity index (χ2n) is 5.91. The number of rotatable bonds is 7. The molecule has 0 bridgehead atoms. The standard InChI is InChI=1S/C15H26N4O/c1-13(12-19-10-4-8-18-19)11-17-15(20)16-9-7-14-5-2-3-6-14/h4,8,10,13-14H,2-3,5-7,9,11-12H2,1H3,(H2,16,17,20). The molecule has 5 nitrogen and oxygen atoms in total. The van der Waals surface area contributed by atoms with Gasteiger partial charge in [0.25, 0.3) is 0 Å². The van der Waals surface area contributed by atoms with Gasteiger partial charge in [0.2, 0.25) is 0 Å². The van der Waals surface area contributed by atoms with Gasteiger partial charge < -0.3 is 10.6 Å². The first-order valence-electron chi connectivity index (χ1n) is 7.73. The molecule has 2 rings (SSSR count).